The van der Waals surface area contributed by atoms with Crippen molar-refractivity contribution in [3.8, 4) is 0 Å². The minimum atomic E-state index is -3.17. The number of sulfonamides is 1. The predicted octanol–water partition coefficient (Wildman–Crippen LogP) is 0.753. The Morgan fingerprint density at radius 3 is 2.30 bits per heavy atom. The van der Waals surface area contributed by atoms with Gasteiger partial charge in [-0.2, -0.15) is 0 Å². The summed E-state index contributed by atoms with van der Waals surface area (Å²) in [4.78, 5) is 24.9. The first kappa shape index (κ1) is 19.6. The zero-order valence-electron chi connectivity index (χ0n) is 15.7. The maximum atomic E-state index is 12.6. The standard InChI is InChI=1S/C18H26N4O4S/c1-3-21-15-6-4-5-7-16(15)22(18(21)24)13-10-17(23)19-14-8-11-20(12-9-14)27(2,25)26/h4-7,14H,3,8-13H2,1-2H3,(H,19,23). The predicted molar refractivity (Wildman–Crippen MR) is 104 cm³/mol. The Kier molecular flexibility index (Phi) is 5.71. The van der Waals surface area contributed by atoms with Crippen molar-refractivity contribution >= 4 is 27.0 Å². The molecule has 0 aliphatic carbocycles. The summed E-state index contributed by atoms with van der Waals surface area (Å²) in [6, 6.07) is 7.56. The number of aryl methyl sites for hydroxylation is 2. The molecule has 0 spiro atoms. The molecule has 1 aromatic carbocycles. The molecule has 2 heterocycles. The molecule has 1 fully saturated rings. The van der Waals surface area contributed by atoms with Crippen LogP contribution < -0.4 is 11.0 Å². The van der Waals surface area contributed by atoms with E-state index in [9.17, 15) is 18.0 Å². The fourth-order valence-corrected chi connectivity index (χ4v) is 4.51. The Labute approximate surface area is 158 Å². The molecule has 9 heteroatoms. The van der Waals surface area contributed by atoms with E-state index in [1.54, 1.807) is 9.13 Å². The van der Waals surface area contributed by atoms with Crippen molar-refractivity contribution in [3.63, 3.8) is 0 Å². The van der Waals surface area contributed by atoms with E-state index in [2.05, 4.69) is 5.32 Å². The van der Waals surface area contributed by atoms with Gasteiger partial charge in [0.05, 0.1) is 17.3 Å². The van der Waals surface area contributed by atoms with Gasteiger partial charge in [0.1, 0.15) is 0 Å². The van der Waals surface area contributed by atoms with Crippen LogP contribution in [0.25, 0.3) is 11.0 Å². The molecule has 1 aromatic heterocycles. The molecule has 1 amide bonds. The molecule has 148 valence electrons. The van der Waals surface area contributed by atoms with Gasteiger partial charge in [0.2, 0.25) is 15.9 Å². The van der Waals surface area contributed by atoms with Crippen LogP contribution in [0, 0.1) is 0 Å². The topological polar surface area (TPSA) is 93.4 Å². The van der Waals surface area contributed by atoms with Crippen molar-refractivity contribution in [2.24, 2.45) is 0 Å². The third-order valence-corrected chi connectivity index (χ3v) is 6.40. The first-order valence-electron chi connectivity index (χ1n) is 9.23. The van der Waals surface area contributed by atoms with Gasteiger partial charge in [0.15, 0.2) is 0 Å². The number of benzene rings is 1. The maximum Gasteiger partial charge on any atom is 0.329 e. The lowest BCUT2D eigenvalue weighted by atomic mass is 10.1. The van der Waals surface area contributed by atoms with Gasteiger partial charge in [0, 0.05) is 38.6 Å². The maximum absolute atomic E-state index is 12.6. The average Bonchev–Trinajstić information content (AvgIpc) is 2.90. The van der Waals surface area contributed by atoms with E-state index < -0.39 is 10.0 Å². The summed E-state index contributed by atoms with van der Waals surface area (Å²) in [6.45, 7) is 3.67. The number of hydrogen-bond acceptors (Lipinski definition) is 4. The number of carbonyl (C=O) groups is 1. The Morgan fingerprint density at radius 1 is 1.15 bits per heavy atom. The highest BCUT2D eigenvalue weighted by atomic mass is 32.2. The third kappa shape index (κ3) is 4.24. The Bertz CT molecular complexity index is 984. The largest absolute Gasteiger partial charge is 0.353 e. The average molecular weight is 394 g/mol. The van der Waals surface area contributed by atoms with Gasteiger partial charge < -0.3 is 5.32 Å². The molecular weight excluding hydrogens is 368 g/mol. The number of rotatable bonds is 6. The Balaban J connectivity index is 1.60. The molecule has 3 rings (SSSR count). The molecule has 27 heavy (non-hydrogen) atoms. The SMILES string of the molecule is CCn1c(=O)n(CCC(=O)NC2CCN(S(C)(=O)=O)CC2)c2ccccc21. The highest BCUT2D eigenvalue weighted by molar-refractivity contribution is 7.88. The van der Waals surface area contributed by atoms with E-state index >= 15 is 0 Å². The molecule has 0 radical (unpaired) electrons. The van der Waals surface area contributed by atoms with E-state index in [1.807, 2.05) is 31.2 Å². The molecular formula is C18H26N4O4S. The van der Waals surface area contributed by atoms with Crippen LogP contribution in [0.4, 0.5) is 0 Å². The van der Waals surface area contributed by atoms with Crippen LogP contribution in [0.5, 0.6) is 0 Å². The molecule has 0 atom stereocenters. The van der Waals surface area contributed by atoms with Crippen LogP contribution in [0.3, 0.4) is 0 Å². The molecule has 8 nitrogen and oxygen atoms in total. The third-order valence-electron chi connectivity index (χ3n) is 5.09. The fourth-order valence-electron chi connectivity index (χ4n) is 3.64. The summed E-state index contributed by atoms with van der Waals surface area (Å²) in [6.07, 6.45) is 2.63. The smallest absolute Gasteiger partial charge is 0.329 e. The zero-order chi connectivity index (χ0) is 19.6. The summed E-state index contributed by atoms with van der Waals surface area (Å²) in [5.41, 5.74) is 1.60. The van der Waals surface area contributed by atoms with Gasteiger partial charge in [-0.05, 0) is 31.9 Å². The van der Waals surface area contributed by atoms with E-state index in [4.69, 9.17) is 0 Å². The summed E-state index contributed by atoms with van der Waals surface area (Å²) < 4.78 is 27.9. The van der Waals surface area contributed by atoms with Crippen LogP contribution in [0.1, 0.15) is 26.2 Å². The summed E-state index contributed by atoms with van der Waals surface area (Å²) in [5, 5.41) is 2.97. The lowest BCUT2D eigenvalue weighted by molar-refractivity contribution is -0.122. The molecule has 1 aliphatic heterocycles. The second-order valence-corrected chi connectivity index (χ2v) is 8.90. The number of amides is 1. The number of para-hydroxylation sites is 2. The second-order valence-electron chi connectivity index (χ2n) is 6.92. The van der Waals surface area contributed by atoms with Crippen LogP contribution in [-0.2, 0) is 27.9 Å². The normalized spacial score (nSPS) is 16.7. The number of fused-ring (bicyclic) bond motifs is 1. The molecule has 1 saturated heterocycles. The number of piperidine rings is 1. The fraction of sp³-hybridized carbons (Fsp3) is 0.556. The number of carbonyl (C=O) groups excluding carboxylic acids is 1. The number of imidazole rings is 1. The van der Waals surface area contributed by atoms with Crippen LogP contribution in [0.2, 0.25) is 0 Å². The summed E-state index contributed by atoms with van der Waals surface area (Å²) in [7, 11) is -3.17. The van der Waals surface area contributed by atoms with E-state index in [-0.39, 0.29) is 24.1 Å². The number of aromatic nitrogens is 2. The van der Waals surface area contributed by atoms with Crippen molar-refractivity contribution in [1.29, 1.82) is 0 Å². The second kappa shape index (κ2) is 7.85. The van der Waals surface area contributed by atoms with Crippen LogP contribution in [-0.4, -0.2) is 53.2 Å². The van der Waals surface area contributed by atoms with Gasteiger partial charge >= 0.3 is 5.69 Å². The Morgan fingerprint density at radius 2 is 1.74 bits per heavy atom. The van der Waals surface area contributed by atoms with Crippen molar-refractivity contribution in [1.82, 2.24) is 18.8 Å². The molecule has 1 N–H and O–H groups in total. The van der Waals surface area contributed by atoms with Crippen molar-refractivity contribution < 1.29 is 13.2 Å². The molecule has 0 unspecified atom stereocenters. The quantitative estimate of drug-likeness (QED) is 0.783. The van der Waals surface area contributed by atoms with Gasteiger partial charge in [0.25, 0.3) is 0 Å². The molecule has 0 bridgehead atoms. The minimum absolute atomic E-state index is 0.0239. The molecule has 0 saturated carbocycles. The number of hydrogen-bond donors (Lipinski definition) is 1. The summed E-state index contributed by atoms with van der Waals surface area (Å²) >= 11 is 0. The minimum Gasteiger partial charge on any atom is -0.353 e. The van der Waals surface area contributed by atoms with Crippen molar-refractivity contribution in [2.45, 2.75) is 45.3 Å². The van der Waals surface area contributed by atoms with Gasteiger partial charge in [-0.15, -0.1) is 0 Å². The van der Waals surface area contributed by atoms with Crippen molar-refractivity contribution in [3.05, 3.63) is 34.7 Å². The van der Waals surface area contributed by atoms with Gasteiger partial charge in [-0.1, -0.05) is 12.1 Å². The lowest BCUT2D eigenvalue weighted by Crippen LogP contribution is -2.46. The van der Waals surface area contributed by atoms with Crippen LogP contribution >= 0.6 is 0 Å². The number of nitrogens with zero attached hydrogens (tertiary/aromatic N) is 3. The van der Waals surface area contributed by atoms with E-state index in [0.29, 0.717) is 39.0 Å². The molecule has 1 aliphatic rings. The highest BCUT2D eigenvalue weighted by Crippen LogP contribution is 2.15. The number of nitrogens with one attached hydrogen (secondary N) is 1. The Hall–Kier alpha value is -2.13. The first-order chi connectivity index (χ1) is 12.8. The van der Waals surface area contributed by atoms with E-state index in [1.165, 1.54) is 10.6 Å². The molecule has 2 aromatic rings. The van der Waals surface area contributed by atoms with Gasteiger partial charge in [-0.3, -0.25) is 13.9 Å². The zero-order valence-corrected chi connectivity index (χ0v) is 16.5. The van der Waals surface area contributed by atoms with Crippen LogP contribution in [0.15, 0.2) is 29.1 Å². The highest BCUT2D eigenvalue weighted by Gasteiger charge is 2.25. The first-order valence-corrected chi connectivity index (χ1v) is 11.1. The van der Waals surface area contributed by atoms with Crippen molar-refractivity contribution in [2.75, 3.05) is 19.3 Å². The lowest BCUT2D eigenvalue weighted by Gasteiger charge is -2.30. The van der Waals surface area contributed by atoms with Gasteiger partial charge in [-0.25, -0.2) is 17.5 Å². The van der Waals surface area contributed by atoms with E-state index in [0.717, 1.165) is 11.0 Å². The summed E-state index contributed by atoms with van der Waals surface area (Å²) in [5.74, 6) is -0.118. The monoisotopic (exact) mass is 394 g/mol.